The van der Waals surface area contributed by atoms with E-state index in [1.165, 1.54) is 0 Å². The van der Waals surface area contributed by atoms with Crippen molar-refractivity contribution in [3.8, 4) is 0 Å². The van der Waals surface area contributed by atoms with Crippen LogP contribution in [0.15, 0.2) is 11.8 Å². The second kappa shape index (κ2) is 2.18. The third-order valence-corrected chi connectivity index (χ3v) is 1.37. The van der Waals surface area contributed by atoms with E-state index < -0.39 is 0 Å². The van der Waals surface area contributed by atoms with Crippen LogP contribution in [0.2, 0.25) is 0 Å². The molecule has 0 amide bonds. The third-order valence-electron chi connectivity index (χ3n) is 1.37. The Morgan fingerprint density at radius 2 is 2.50 bits per heavy atom. The number of rotatable bonds is 0. The Balaban J connectivity index is 2.45. The fourth-order valence-electron chi connectivity index (χ4n) is 0.926. The quantitative estimate of drug-likeness (QED) is 0.484. The van der Waals surface area contributed by atoms with Crippen LogP contribution in [0.1, 0.15) is 6.42 Å². The van der Waals surface area contributed by atoms with Gasteiger partial charge in [0.2, 0.25) is 0 Å². The van der Waals surface area contributed by atoms with Gasteiger partial charge in [0.25, 0.3) is 0 Å². The zero-order chi connectivity index (χ0) is 5.98. The number of nitrogens with two attached hydrogens (primary N) is 1. The largest absolute Gasteiger partial charge is 0.401 e. The molecular formula is C6H12N2. The highest BCUT2D eigenvalue weighted by Crippen LogP contribution is 2.00. The standard InChI is InChI=1S/C6H12N2/c1-8-4-2-3-6(7)5-8/h3H,2,4-5,7H2,1H3. The van der Waals surface area contributed by atoms with Crippen molar-refractivity contribution in [2.75, 3.05) is 20.1 Å². The monoisotopic (exact) mass is 112 g/mol. The zero-order valence-corrected chi connectivity index (χ0v) is 5.22. The first-order valence-corrected chi connectivity index (χ1v) is 2.92. The van der Waals surface area contributed by atoms with Gasteiger partial charge in [-0.1, -0.05) is 6.08 Å². The van der Waals surface area contributed by atoms with Gasteiger partial charge in [-0.25, -0.2) is 0 Å². The van der Waals surface area contributed by atoms with Gasteiger partial charge in [-0.3, -0.25) is 0 Å². The molecule has 0 radical (unpaired) electrons. The highest BCUT2D eigenvalue weighted by Gasteiger charge is 2.02. The molecule has 2 nitrogen and oxygen atoms in total. The lowest BCUT2D eigenvalue weighted by Gasteiger charge is -2.19. The molecule has 0 fully saturated rings. The molecule has 0 saturated heterocycles. The Bertz CT molecular complexity index is 107. The van der Waals surface area contributed by atoms with Crippen molar-refractivity contribution in [1.29, 1.82) is 0 Å². The fourth-order valence-corrected chi connectivity index (χ4v) is 0.926. The predicted molar refractivity (Wildman–Crippen MR) is 34.4 cm³/mol. The van der Waals surface area contributed by atoms with Crippen LogP contribution in [0.5, 0.6) is 0 Å². The lowest BCUT2D eigenvalue weighted by molar-refractivity contribution is 0.353. The summed E-state index contributed by atoms with van der Waals surface area (Å²) in [5, 5.41) is 0. The van der Waals surface area contributed by atoms with Gasteiger partial charge < -0.3 is 10.6 Å². The van der Waals surface area contributed by atoms with Crippen molar-refractivity contribution in [3.63, 3.8) is 0 Å². The molecule has 46 valence electrons. The van der Waals surface area contributed by atoms with Gasteiger partial charge in [0.05, 0.1) is 0 Å². The lowest BCUT2D eigenvalue weighted by Crippen LogP contribution is -2.28. The summed E-state index contributed by atoms with van der Waals surface area (Å²) in [6.07, 6.45) is 3.21. The van der Waals surface area contributed by atoms with Gasteiger partial charge in [0, 0.05) is 18.8 Å². The van der Waals surface area contributed by atoms with Gasteiger partial charge in [-0.05, 0) is 13.5 Å². The van der Waals surface area contributed by atoms with Crippen molar-refractivity contribution >= 4 is 0 Å². The third kappa shape index (κ3) is 1.23. The van der Waals surface area contributed by atoms with E-state index in [1.54, 1.807) is 0 Å². The average molecular weight is 112 g/mol. The second-order valence-corrected chi connectivity index (χ2v) is 2.31. The molecule has 1 heterocycles. The van der Waals surface area contributed by atoms with Gasteiger partial charge in [-0.2, -0.15) is 0 Å². The summed E-state index contributed by atoms with van der Waals surface area (Å²) >= 11 is 0. The van der Waals surface area contributed by atoms with Crippen LogP contribution < -0.4 is 5.73 Å². The average Bonchev–Trinajstić information content (AvgIpc) is 1.64. The number of likely N-dealkylation sites (N-methyl/N-ethyl adjacent to an activating group) is 1. The molecule has 8 heavy (non-hydrogen) atoms. The molecule has 0 saturated carbocycles. The normalized spacial score (nSPS) is 22.9. The van der Waals surface area contributed by atoms with Crippen LogP contribution in [0.25, 0.3) is 0 Å². The Morgan fingerprint density at radius 3 is 2.88 bits per heavy atom. The summed E-state index contributed by atoms with van der Waals surface area (Å²) < 4.78 is 0. The molecule has 0 spiro atoms. The van der Waals surface area contributed by atoms with Gasteiger partial charge in [0.15, 0.2) is 0 Å². The van der Waals surface area contributed by atoms with Gasteiger partial charge in [0.1, 0.15) is 0 Å². The van der Waals surface area contributed by atoms with Crippen molar-refractivity contribution < 1.29 is 0 Å². The minimum atomic E-state index is 0.944. The van der Waals surface area contributed by atoms with Crippen LogP contribution in [0.3, 0.4) is 0 Å². The van der Waals surface area contributed by atoms with Crippen LogP contribution >= 0.6 is 0 Å². The first kappa shape index (κ1) is 5.63. The van der Waals surface area contributed by atoms with E-state index in [1.807, 2.05) is 0 Å². The molecule has 2 N–H and O–H groups in total. The van der Waals surface area contributed by atoms with Crippen LogP contribution in [0.4, 0.5) is 0 Å². The Hall–Kier alpha value is -0.500. The van der Waals surface area contributed by atoms with Crippen molar-refractivity contribution in [1.82, 2.24) is 4.90 Å². The molecule has 1 rings (SSSR count). The summed E-state index contributed by atoms with van der Waals surface area (Å²) in [7, 11) is 2.08. The molecule has 0 aliphatic carbocycles. The molecule has 0 aromatic rings. The topological polar surface area (TPSA) is 29.3 Å². The Kier molecular flexibility index (Phi) is 1.53. The predicted octanol–water partition coefficient (Wildman–Crippen LogP) is 0.164. The summed E-state index contributed by atoms with van der Waals surface area (Å²) in [4.78, 5) is 2.22. The maximum Gasteiger partial charge on any atom is 0.0373 e. The van der Waals surface area contributed by atoms with Gasteiger partial charge in [-0.15, -0.1) is 0 Å². The molecular weight excluding hydrogens is 100 g/mol. The number of nitrogens with zero attached hydrogens (tertiary/aromatic N) is 1. The summed E-state index contributed by atoms with van der Waals surface area (Å²) in [5.74, 6) is 0. The highest BCUT2D eigenvalue weighted by molar-refractivity contribution is 5.02. The molecule has 0 bridgehead atoms. The number of hydrogen-bond acceptors (Lipinski definition) is 2. The molecule has 2 heteroatoms. The van der Waals surface area contributed by atoms with Crippen molar-refractivity contribution in [2.45, 2.75) is 6.42 Å². The maximum absolute atomic E-state index is 5.54. The lowest BCUT2D eigenvalue weighted by atomic mass is 10.2. The summed E-state index contributed by atoms with van der Waals surface area (Å²) in [6, 6.07) is 0. The van der Waals surface area contributed by atoms with E-state index in [0.717, 1.165) is 25.2 Å². The second-order valence-electron chi connectivity index (χ2n) is 2.31. The van der Waals surface area contributed by atoms with E-state index in [0.29, 0.717) is 0 Å². The molecule has 0 aromatic heterocycles. The molecule has 0 atom stereocenters. The molecule has 1 aliphatic rings. The van der Waals surface area contributed by atoms with Crippen LogP contribution in [0, 0.1) is 0 Å². The Morgan fingerprint density at radius 1 is 1.75 bits per heavy atom. The minimum absolute atomic E-state index is 0.944. The summed E-state index contributed by atoms with van der Waals surface area (Å²) in [5.41, 5.74) is 6.56. The fraction of sp³-hybridized carbons (Fsp3) is 0.667. The summed E-state index contributed by atoms with van der Waals surface area (Å²) in [6.45, 7) is 2.10. The minimum Gasteiger partial charge on any atom is -0.401 e. The van der Waals surface area contributed by atoms with E-state index >= 15 is 0 Å². The van der Waals surface area contributed by atoms with Crippen LogP contribution in [-0.2, 0) is 0 Å². The zero-order valence-electron chi connectivity index (χ0n) is 5.22. The molecule has 0 unspecified atom stereocenters. The first-order valence-electron chi connectivity index (χ1n) is 2.92. The number of hydrogen-bond donors (Lipinski definition) is 1. The SMILES string of the molecule is CN1CCC=C(N)C1. The maximum atomic E-state index is 5.54. The van der Waals surface area contributed by atoms with E-state index in [4.69, 9.17) is 5.73 Å². The molecule has 0 aromatic carbocycles. The first-order chi connectivity index (χ1) is 3.79. The Labute approximate surface area is 50.0 Å². The van der Waals surface area contributed by atoms with Crippen molar-refractivity contribution in [2.24, 2.45) is 5.73 Å². The van der Waals surface area contributed by atoms with Gasteiger partial charge >= 0.3 is 0 Å². The van der Waals surface area contributed by atoms with E-state index in [-0.39, 0.29) is 0 Å². The van der Waals surface area contributed by atoms with E-state index in [9.17, 15) is 0 Å². The smallest absolute Gasteiger partial charge is 0.0373 e. The van der Waals surface area contributed by atoms with Crippen LogP contribution in [-0.4, -0.2) is 25.0 Å². The van der Waals surface area contributed by atoms with E-state index in [2.05, 4.69) is 18.0 Å². The molecule has 1 aliphatic heterocycles. The van der Waals surface area contributed by atoms with Crippen molar-refractivity contribution in [3.05, 3.63) is 11.8 Å². The highest BCUT2D eigenvalue weighted by atomic mass is 15.1.